The molecule has 102 valence electrons. The lowest BCUT2D eigenvalue weighted by Crippen LogP contribution is -2.38. The standard InChI is InChI=1S/C14H19N3OS/c1-4-8-16-14(18)10(2)17-12-6-5-7-13(19-3)11(12)9-15/h5-7,10,17H,4,8H2,1-3H3,(H,16,18). The number of thioether (sulfide) groups is 1. The highest BCUT2D eigenvalue weighted by Crippen LogP contribution is 2.26. The zero-order valence-corrected chi connectivity index (χ0v) is 12.3. The summed E-state index contributed by atoms with van der Waals surface area (Å²) in [6.07, 6.45) is 2.83. The van der Waals surface area contributed by atoms with Crippen LogP contribution in [0.5, 0.6) is 0 Å². The number of anilines is 1. The maximum Gasteiger partial charge on any atom is 0.242 e. The molecule has 1 aromatic carbocycles. The molecule has 0 heterocycles. The summed E-state index contributed by atoms with van der Waals surface area (Å²) in [5, 5.41) is 15.1. The Bertz CT molecular complexity index is 482. The zero-order valence-electron chi connectivity index (χ0n) is 11.5. The molecule has 0 radical (unpaired) electrons. The van der Waals surface area contributed by atoms with Crippen LogP contribution in [0.1, 0.15) is 25.8 Å². The average Bonchev–Trinajstić information content (AvgIpc) is 2.44. The topological polar surface area (TPSA) is 64.9 Å². The van der Waals surface area contributed by atoms with E-state index in [-0.39, 0.29) is 11.9 Å². The molecule has 1 atom stereocenters. The summed E-state index contributed by atoms with van der Waals surface area (Å²) >= 11 is 1.52. The Labute approximate surface area is 118 Å². The Morgan fingerprint density at radius 1 is 1.53 bits per heavy atom. The van der Waals surface area contributed by atoms with Gasteiger partial charge in [0.25, 0.3) is 0 Å². The predicted molar refractivity (Wildman–Crippen MR) is 79.3 cm³/mol. The van der Waals surface area contributed by atoms with E-state index in [4.69, 9.17) is 0 Å². The molecule has 4 nitrogen and oxygen atoms in total. The Morgan fingerprint density at radius 2 is 2.26 bits per heavy atom. The van der Waals surface area contributed by atoms with E-state index in [2.05, 4.69) is 16.7 Å². The number of benzene rings is 1. The van der Waals surface area contributed by atoms with Crippen molar-refractivity contribution in [3.05, 3.63) is 23.8 Å². The lowest BCUT2D eigenvalue weighted by molar-refractivity contribution is -0.121. The fraction of sp³-hybridized carbons (Fsp3) is 0.429. The second kappa shape index (κ2) is 7.70. The van der Waals surface area contributed by atoms with Crippen LogP contribution >= 0.6 is 11.8 Å². The van der Waals surface area contributed by atoms with E-state index in [0.717, 1.165) is 11.3 Å². The minimum atomic E-state index is -0.365. The fourth-order valence-corrected chi connectivity index (χ4v) is 2.21. The van der Waals surface area contributed by atoms with E-state index >= 15 is 0 Å². The average molecular weight is 277 g/mol. The van der Waals surface area contributed by atoms with E-state index in [1.165, 1.54) is 11.8 Å². The summed E-state index contributed by atoms with van der Waals surface area (Å²) < 4.78 is 0. The number of rotatable bonds is 6. The molecule has 0 aliphatic carbocycles. The van der Waals surface area contributed by atoms with Crippen molar-refractivity contribution in [2.24, 2.45) is 0 Å². The van der Waals surface area contributed by atoms with Crippen molar-refractivity contribution in [2.45, 2.75) is 31.2 Å². The number of nitrogens with one attached hydrogen (secondary N) is 2. The molecule has 1 unspecified atom stereocenters. The van der Waals surface area contributed by atoms with Gasteiger partial charge in [-0.05, 0) is 31.7 Å². The summed E-state index contributed by atoms with van der Waals surface area (Å²) in [5.41, 5.74) is 1.29. The van der Waals surface area contributed by atoms with Gasteiger partial charge < -0.3 is 10.6 Å². The van der Waals surface area contributed by atoms with Crippen molar-refractivity contribution < 1.29 is 4.79 Å². The van der Waals surface area contributed by atoms with Gasteiger partial charge in [0.05, 0.1) is 11.3 Å². The maximum absolute atomic E-state index is 11.8. The first kappa shape index (κ1) is 15.4. The molecule has 19 heavy (non-hydrogen) atoms. The highest BCUT2D eigenvalue weighted by Gasteiger charge is 2.14. The second-order valence-electron chi connectivity index (χ2n) is 4.15. The number of hydrogen-bond acceptors (Lipinski definition) is 4. The van der Waals surface area contributed by atoms with Crippen molar-refractivity contribution >= 4 is 23.4 Å². The predicted octanol–water partition coefficient (Wildman–Crippen LogP) is 2.61. The molecule has 0 aliphatic rings. The van der Waals surface area contributed by atoms with E-state index in [9.17, 15) is 10.1 Å². The van der Waals surface area contributed by atoms with Gasteiger partial charge in [-0.2, -0.15) is 5.26 Å². The first-order valence-electron chi connectivity index (χ1n) is 6.25. The molecule has 1 rings (SSSR count). The number of carbonyl (C=O) groups excluding carboxylic acids is 1. The van der Waals surface area contributed by atoms with Crippen LogP contribution in [0.15, 0.2) is 23.1 Å². The Kier molecular flexibility index (Phi) is 6.23. The van der Waals surface area contributed by atoms with Crippen molar-refractivity contribution in [3.8, 4) is 6.07 Å². The van der Waals surface area contributed by atoms with E-state index in [1.54, 1.807) is 6.92 Å². The van der Waals surface area contributed by atoms with Gasteiger partial charge in [-0.25, -0.2) is 0 Å². The number of nitrogens with zero attached hydrogens (tertiary/aromatic N) is 1. The Morgan fingerprint density at radius 3 is 2.84 bits per heavy atom. The van der Waals surface area contributed by atoms with Crippen molar-refractivity contribution in [3.63, 3.8) is 0 Å². The van der Waals surface area contributed by atoms with Gasteiger partial charge in [-0.1, -0.05) is 13.0 Å². The largest absolute Gasteiger partial charge is 0.373 e. The van der Waals surface area contributed by atoms with Crippen molar-refractivity contribution in [1.82, 2.24) is 5.32 Å². The Hall–Kier alpha value is -1.67. The molecule has 2 N–H and O–H groups in total. The third kappa shape index (κ3) is 4.18. The molecular formula is C14H19N3OS. The smallest absolute Gasteiger partial charge is 0.242 e. The number of hydrogen-bond donors (Lipinski definition) is 2. The number of carbonyl (C=O) groups is 1. The van der Waals surface area contributed by atoms with Gasteiger partial charge in [-0.3, -0.25) is 4.79 Å². The first-order valence-corrected chi connectivity index (χ1v) is 7.47. The molecule has 0 aliphatic heterocycles. The summed E-state index contributed by atoms with van der Waals surface area (Å²) in [4.78, 5) is 12.7. The molecule has 1 amide bonds. The van der Waals surface area contributed by atoms with E-state index in [0.29, 0.717) is 17.8 Å². The third-order valence-corrected chi connectivity index (χ3v) is 3.45. The fourth-order valence-electron chi connectivity index (χ4n) is 1.64. The molecule has 0 fully saturated rings. The van der Waals surface area contributed by atoms with E-state index in [1.807, 2.05) is 31.4 Å². The van der Waals surface area contributed by atoms with Gasteiger partial charge >= 0.3 is 0 Å². The Balaban J connectivity index is 2.82. The van der Waals surface area contributed by atoms with Crippen LogP contribution < -0.4 is 10.6 Å². The summed E-state index contributed by atoms with van der Waals surface area (Å²) in [7, 11) is 0. The lowest BCUT2D eigenvalue weighted by Gasteiger charge is -2.16. The minimum absolute atomic E-state index is 0.0553. The summed E-state index contributed by atoms with van der Waals surface area (Å²) in [6.45, 7) is 4.47. The van der Waals surface area contributed by atoms with Crippen LogP contribution in [-0.2, 0) is 4.79 Å². The molecule has 0 saturated carbocycles. The van der Waals surface area contributed by atoms with Gasteiger partial charge in [0, 0.05) is 11.4 Å². The van der Waals surface area contributed by atoms with Crippen LogP contribution in [0.2, 0.25) is 0 Å². The first-order chi connectivity index (χ1) is 9.13. The number of amides is 1. The maximum atomic E-state index is 11.8. The molecule has 0 saturated heterocycles. The van der Waals surface area contributed by atoms with Gasteiger partial charge in [-0.15, -0.1) is 11.8 Å². The summed E-state index contributed by atoms with van der Waals surface area (Å²) in [5.74, 6) is -0.0553. The van der Waals surface area contributed by atoms with Crippen LogP contribution in [0.4, 0.5) is 5.69 Å². The summed E-state index contributed by atoms with van der Waals surface area (Å²) in [6, 6.07) is 7.42. The molecule has 1 aromatic rings. The van der Waals surface area contributed by atoms with Crippen LogP contribution in [0, 0.1) is 11.3 Å². The second-order valence-corrected chi connectivity index (χ2v) is 5.00. The molecule has 0 bridgehead atoms. The molecule has 0 aromatic heterocycles. The van der Waals surface area contributed by atoms with Crippen LogP contribution in [0.25, 0.3) is 0 Å². The highest BCUT2D eigenvalue weighted by molar-refractivity contribution is 7.98. The van der Waals surface area contributed by atoms with Crippen LogP contribution in [0.3, 0.4) is 0 Å². The molecular weight excluding hydrogens is 258 g/mol. The zero-order chi connectivity index (χ0) is 14.3. The minimum Gasteiger partial charge on any atom is -0.373 e. The van der Waals surface area contributed by atoms with Crippen molar-refractivity contribution in [2.75, 3.05) is 18.1 Å². The third-order valence-electron chi connectivity index (χ3n) is 2.67. The quantitative estimate of drug-likeness (QED) is 0.784. The van der Waals surface area contributed by atoms with Gasteiger partial charge in [0.15, 0.2) is 0 Å². The lowest BCUT2D eigenvalue weighted by atomic mass is 10.1. The van der Waals surface area contributed by atoms with E-state index < -0.39 is 0 Å². The number of nitriles is 1. The van der Waals surface area contributed by atoms with Crippen molar-refractivity contribution in [1.29, 1.82) is 5.26 Å². The molecule has 0 spiro atoms. The normalized spacial score (nSPS) is 11.5. The van der Waals surface area contributed by atoms with Gasteiger partial charge in [0.1, 0.15) is 12.1 Å². The van der Waals surface area contributed by atoms with Crippen LogP contribution in [-0.4, -0.2) is 24.7 Å². The highest BCUT2D eigenvalue weighted by atomic mass is 32.2. The molecule has 5 heteroatoms. The SMILES string of the molecule is CCCNC(=O)C(C)Nc1cccc(SC)c1C#N. The monoisotopic (exact) mass is 277 g/mol. The van der Waals surface area contributed by atoms with Gasteiger partial charge in [0.2, 0.25) is 5.91 Å².